The number of para-hydroxylation sites is 1. The Bertz CT molecular complexity index is 789. The topological polar surface area (TPSA) is 77.4 Å². The molecule has 0 saturated heterocycles. The van der Waals surface area contributed by atoms with Gasteiger partial charge in [0, 0.05) is 5.56 Å². The molecule has 0 aliphatic carbocycles. The molecule has 0 unspecified atom stereocenters. The Morgan fingerprint density at radius 2 is 1.57 bits per heavy atom. The molecule has 2 N–H and O–H groups in total. The third-order valence-electron chi connectivity index (χ3n) is 4.71. The van der Waals surface area contributed by atoms with Crippen LogP contribution in [0.3, 0.4) is 0 Å². The van der Waals surface area contributed by atoms with Gasteiger partial charge in [-0.25, -0.2) is 0 Å². The van der Waals surface area contributed by atoms with Gasteiger partial charge in [0.15, 0.2) is 0 Å². The Kier molecular flexibility index (Phi) is 9.57. The van der Waals surface area contributed by atoms with E-state index in [2.05, 4.69) is 13.2 Å². The quantitative estimate of drug-likeness (QED) is 0.490. The first kappa shape index (κ1) is 23.6. The van der Waals surface area contributed by atoms with Crippen LogP contribution in [0.2, 0.25) is 0 Å². The van der Waals surface area contributed by atoms with Gasteiger partial charge < -0.3 is 29.2 Å². The molecular weight excluding hydrogens is 384 g/mol. The number of methoxy groups -OCH3 is 2. The van der Waals surface area contributed by atoms with Crippen molar-refractivity contribution in [3.05, 3.63) is 85.0 Å². The monoisotopic (exact) mass is 414 g/mol. The highest BCUT2D eigenvalue weighted by molar-refractivity contribution is 5.32. The molecule has 2 aromatic carbocycles. The van der Waals surface area contributed by atoms with Crippen LogP contribution in [-0.4, -0.2) is 48.8 Å². The van der Waals surface area contributed by atoms with Crippen LogP contribution in [0.5, 0.6) is 11.5 Å². The van der Waals surface area contributed by atoms with Crippen LogP contribution >= 0.6 is 0 Å². The van der Waals surface area contributed by atoms with E-state index in [0.29, 0.717) is 5.75 Å². The first-order chi connectivity index (χ1) is 14.5. The van der Waals surface area contributed by atoms with Crippen LogP contribution in [0.4, 0.5) is 0 Å². The normalized spacial score (nSPS) is 14.9. The highest BCUT2D eigenvalue weighted by Gasteiger charge is 2.32. The fraction of sp³-hybridized carbons (Fsp3) is 0.333. The number of hydrogen-bond acceptors (Lipinski definition) is 6. The van der Waals surface area contributed by atoms with E-state index in [9.17, 15) is 10.2 Å². The molecule has 4 atom stereocenters. The Labute approximate surface area is 178 Å². The SMILES string of the molecule is C=C[C@H](OCc1ccccc1OC)[C@@H](O)[C@H](OCc1ccc(OC)cc1)[C@@H](O)C=C. The summed E-state index contributed by atoms with van der Waals surface area (Å²) in [6, 6.07) is 14.8. The molecule has 6 nitrogen and oxygen atoms in total. The van der Waals surface area contributed by atoms with Crippen LogP contribution in [0.25, 0.3) is 0 Å². The zero-order chi connectivity index (χ0) is 21.9. The Balaban J connectivity index is 2.05. The number of benzene rings is 2. The first-order valence-electron chi connectivity index (χ1n) is 9.63. The first-order valence-corrected chi connectivity index (χ1v) is 9.63. The van der Waals surface area contributed by atoms with Crippen molar-refractivity contribution < 1.29 is 29.2 Å². The fourth-order valence-electron chi connectivity index (χ4n) is 2.95. The Morgan fingerprint density at radius 1 is 0.867 bits per heavy atom. The molecule has 0 heterocycles. The average Bonchev–Trinajstić information content (AvgIpc) is 2.80. The van der Waals surface area contributed by atoms with Crippen molar-refractivity contribution >= 4 is 0 Å². The van der Waals surface area contributed by atoms with Gasteiger partial charge in [0.2, 0.25) is 0 Å². The summed E-state index contributed by atoms with van der Waals surface area (Å²) in [6.07, 6.45) is -1.17. The zero-order valence-corrected chi connectivity index (χ0v) is 17.4. The molecule has 30 heavy (non-hydrogen) atoms. The van der Waals surface area contributed by atoms with E-state index in [1.807, 2.05) is 48.5 Å². The van der Waals surface area contributed by atoms with Crippen LogP contribution in [-0.2, 0) is 22.7 Å². The summed E-state index contributed by atoms with van der Waals surface area (Å²) in [7, 11) is 3.18. The van der Waals surface area contributed by atoms with Gasteiger partial charge in [0.05, 0.1) is 27.4 Å². The van der Waals surface area contributed by atoms with Crippen molar-refractivity contribution in [2.45, 2.75) is 37.6 Å². The molecule has 2 rings (SSSR count). The second-order valence-corrected chi connectivity index (χ2v) is 6.66. The van der Waals surface area contributed by atoms with Crippen LogP contribution in [0.1, 0.15) is 11.1 Å². The Hall–Kier alpha value is -2.64. The van der Waals surface area contributed by atoms with Crippen molar-refractivity contribution in [3.8, 4) is 11.5 Å². The van der Waals surface area contributed by atoms with Gasteiger partial charge in [-0.2, -0.15) is 0 Å². The molecule has 0 aliphatic heterocycles. The summed E-state index contributed by atoms with van der Waals surface area (Å²) in [5, 5.41) is 21.2. The zero-order valence-electron chi connectivity index (χ0n) is 17.4. The van der Waals surface area contributed by atoms with E-state index in [4.69, 9.17) is 18.9 Å². The van der Waals surface area contributed by atoms with Gasteiger partial charge in [-0.05, 0) is 23.8 Å². The minimum absolute atomic E-state index is 0.187. The summed E-state index contributed by atoms with van der Waals surface area (Å²) in [6.45, 7) is 7.74. The van der Waals surface area contributed by atoms with Crippen LogP contribution in [0, 0.1) is 0 Å². The Morgan fingerprint density at radius 3 is 2.17 bits per heavy atom. The van der Waals surface area contributed by atoms with Crippen molar-refractivity contribution in [2.24, 2.45) is 0 Å². The maximum atomic E-state index is 10.9. The van der Waals surface area contributed by atoms with Gasteiger partial charge in [-0.3, -0.25) is 0 Å². The van der Waals surface area contributed by atoms with Gasteiger partial charge in [-0.15, -0.1) is 13.2 Å². The number of aliphatic hydroxyl groups excluding tert-OH is 2. The van der Waals surface area contributed by atoms with E-state index in [1.54, 1.807) is 14.2 Å². The maximum Gasteiger partial charge on any atom is 0.124 e. The smallest absolute Gasteiger partial charge is 0.124 e. The summed E-state index contributed by atoms with van der Waals surface area (Å²) in [4.78, 5) is 0. The van der Waals surface area contributed by atoms with E-state index >= 15 is 0 Å². The number of aliphatic hydroxyl groups is 2. The minimum Gasteiger partial charge on any atom is -0.497 e. The molecule has 0 amide bonds. The molecule has 162 valence electrons. The summed E-state index contributed by atoms with van der Waals surface area (Å²) in [5.41, 5.74) is 1.70. The lowest BCUT2D eigenvalue weighted by Crippen LogP contribution is -2.45. The van der Waals surface area contributed by atoms with Gasteiger partial charge in [0.1, 0.15) is 35.9 Å². The van der Waals surface area contributed by atoms with Gasteiger partial charge in [0.25, 0.3) is 0 Å². The fourth-order valence-corrected chi connectivity index (χ4v) is 2.95. The molecule has 6 heteroatoms. The van der Waals surface area contributed by atoms with Gasteiger partial charge >= 0.3 is 0 Å². The maximum absolute atomic E-state index is 10.9. The molecule has 0 bridgehead atoms. The number of hydrogen-bond donors (Lipinski definition) is 2. The van der Waals surface area contributed by atoms with Crippen LogP contribution < -0.4 is 9.47 Å². The van der Waals surface area contributed by atoms with E-state index < -0.39 is 24.4 Å². The third kappa shape index (κ3) is 6.43. The highest BCUT2D eigenvalue weighted by Crippen LogP contribution is 2.22. The van der Waals surface area contributed by atoms with E-state index in [1.165, 1.54) is 12.2 Å². The van der Waals surface area contributed by atoms with Crippen molar-refractivity contribution in [1.29, 1.82) is 0 Å². The summed E-state index contributed by atoms with van der Waals surface area (Å²) >= 11 is 0. The number of ether oxygens (including phenoxy) is 4. The van der Waals surface area contributed by atoms with E-state index in [0.717, 1.165) is 16.9 Å². The average molecular weight is 414 g/mol. The van der Waals surface area contributed by atoms with E-state index in [-0.39, 0.29) is 13.2 Å². The molecular formula is C24H30O6. The van der Waals surface area contributed by atoms with Gasteiger partial charge in [-0.1, -0.05) is 42.5 Å². The molecule has 0 saturated carbocycles. The standard InChI is InChI=1S/C24H30O6/c1-5-20(25)24(30-15-17-11-13-19(27-3)14-12-17)23(26)21(6-2)29-16-18-9-7-8-10-22(18)28-4/h5-14,20-21,23-26H,1-2,15-16H2,3-4H3/t20-,21-,23+,24+/m0/s1. The summed E-state index contributed by atoms with van der Waals surface area (Å²) < 4.78 is 22.1. The lowest BCUT2D eigenvalue weighted by atomic mass is 10.0. The van der Waals surface area contributed by atoms with Crippen molar-refractivity contribution in [2.75, 3.05) is 14.2 Å². The molecule has 0 fully saturated rings. The second-order valence-electron chi connectivity index (χ2n) is 6.66. The summed E-state index contributed by atoms with van der Waals surface area (Å²) in [5.74, 6) is 1.42. The molecule has 0 radical (unpaired) electrons. The lowest BCUT2D eigenvalue weighted by molar-refractivity contribution is -0.134. The lowest BCUT2D eigenvalue weighted by Gasteiger charge is -2.30. The van der Waals surface area contributed by atoms with Crippen molar-refractivity contribution in [1.82, 2.24) is 0 Å². The molecule has 0 aromatic heterocycles. The van der Waals surface area contributed by atoms with Crippen molar-refractivity contribution in [3.63, 3.8) is 0 Å². The molecule has 0 aliphatic rings. The highest BCUT2D eigenvalue weighted by atomic mass is 16.5. The predicted molar refractivity (Wildman–Crippen MR) is 116 cm³/mol. The predicted octanol–water partition coefficient (Wildman–Crippen LogP) is 3.27. The minimum atomic E-state index is -1.16. The molecule has 0 spiro atoms. The second kappa shape index (κ2) is 12.1. The van der Waals surface area contributed by atoms with Crippen LogP contribution in [0.15, 0.2) is 73.8 Å². The third-order valence-corrected chi connectivity index (χ3v) is 4.71. The largest absolute Gasteiger partial charge is 0.497 e. The number of rotatable bonds is 13. The molecule has 2 aromatic rings.